The first kappa shape index (κ1) is 15.7. The van der Waals surface area contributed by atoms with Crippen molar-refractivity contribution in [3.05, 3.63) is 23.9 Å². The van der Waals surface area contributed by atoms with Crippen molar-refractivity contribution in [2.24, 2.45) is 0 Å². The number of pyridine rings is 1. The zero-order valence-corrected chi connectivity index (χ0v) is 13.6. The van der Waals surface area contributed by atoms with Crippen LogP contribution in [0.1, 0.15) is 52.2 Å². The lowest BCUT2D eigenvalue weighted by molar-refractivity contribution is -0.128. The Bertz CT molecular complexity index is 571. The zero-order valence-electron chi connectivity index (χ0n) is 13.6. The summed E-state index contributed by atoms with van der Waals surface area (Å²) in [6, 6.07) is 3.81. The number of carbonyl (C=O) groups excluding carboxylic acids is 1. The van der Waals surface area contributed by atoms with Gasteiger partial charge in [0.25, 0.3) is 0 Å². The lowest BCUT2D eigenvalue weighted by Crippen LogP contribution is -2.41. The van der Waals surface area contributed by atoms with E-state index in [-0.39, 0.29) is 11.9 Å². The molecular weight excluding hydrogens is 281 g/mol. The van der Waals surface area contributed by atoms with E-state index >= 15 is 0 Å². The van der Waals surface area contributed by atoms with Gasteiger partial charge in [-0.25, -0.2) is 0 Å². The summed E-state index contributed by atoms with van der Waals surface area (Å²) in [7, 11) is -0.496. The van der Waals surface area contributed by atoms with Crippen molar-refractivity contribution >= 4 is 18.5 Å². The molecule has 2 saturated heterocycles. The first-order valence-electron chi connectivity index (χ1n) is 7.73. The third kappa shape index (κ3) is 2.83. The maximum absolute atomic E-state index is 11.6. The Labute approximate surface area is 131 Å². The summed E-state index contributed by atoms with van der Waals surface area (Å²) in [5, 5.41) is 0. The van der Waals surface area contributed by atoms with Gasteiger partial charge in [-0.05, 0) is 45.4 Å². The van der Waals surface area contributed by atoms with Gasteiger partial charge in [-0.2, -0.15) is 0 Å². The van der Waals surface area contributed by atoms with E-state index in [4.69, 9.17) is 14.0 Å². The van der Waals surface area contributed by atoms with E-state index in [0.717, 1.165) is 11.2 Å². The van der Waals surface area contributed by atoms with Gasteiger partial charge in [0.1, 0.15) is 5.78 Å². The van der Waals surface area contributed by atoms with Crippen molar-refractivity contribution in [3.8, 4) is 0 Å². The standard InChI is InChI=1S/C16H22BNO4/c1-15(2)16(3,4)22-17(21-15)14-9-11(5-7-18-14)13-10-12(19)6-8-20-13/h5,7,9,13H,6,8,10H2,1-4H3. The van der Waals surface area contributed by atoms with Crippen molar-refractivity contribution in [2.75, 3.05) is 6.61 Å². The SMILES string of the molecule is CC1(C)OB(c2cc(C3CC(=O)CCO3)ccn2)OC1(C)C. The van der Waals surface area contributed by atoms with E-state index in [1.807, 2.05) is 39.8 Å². The number of Topliss-reactive ketones (excluding diaryl/α,β-unsaturated/α-hetero) is 1. The second-order valence-corrected chi connectivity index (χ2v) is 6.95. The van der Waals surface area contributed by atoms with Crippen LogP contribution in [0, 0.1) is 0 Å². The van der Waals surface area contributed by atoms with Gasteiger partial charge in [0.15, 0.2) is 0 Å². The predicted octanol–water partition coefficient (Wildman–Crippen LogP) is 1.80. The van der Waals surface area contributed by atoms with Crippen LogP contribution < -0.4 is 5.59 Å². The molecule has 0 aromatic carbocycles. The maximum atomic E-state index is 11.6. The molecule has 1 aromatic rings. The van der Waals surface area contributed by atoms with Crippen LogP contribution in [0.25, 0.3) is 0 Å². The maximum Gasteiger partial charge on any atom is 0.514 e. The minimum absolute atomic E-state index is 0.189. The smallest absolute Gasteiger partial charge is 0.398 e. The van der Waals surface area contributed by atoms with Crippen LogP contribution in [0.3, 0.4) is 0 Å². The minimum atomic E-state index is -0.496. The van der Waals surface area contributed by atoms with Gasteiger partial charge in [-0.3, -0.25) is 9.78 Å². The molecule has 0 bridgehead atoms. The van der Waals surface area contributed by atoms with E-state index in [0.29, 0.717) is 19.4 Å². The summed E-state index contributed by atoms with van der Waals surface area (Å²) >= 11 is 0. The highest BCUT2D eigenvalue weighted by atomic mass is 16.7. The highest BCUT2D eigenvalue weighted by molar-refractivity contribution is 6.61. The lowest BCUT2D eigenvalue weighted by atomic mass is 9.82. The molecule has 2 aliphatic rings. The van der Waals surface area contributed by atoms with Crippen LogP contribution in [0.2, 0.25) is 0 Å². The van der Waals surface area contributed by atoms with Crippen LogP contribution in [0.4, 0.5) is 0 Å². The Morgan fingerprint density at radius 1 is 1.23 bits per heavy atom. The number of ketones is 1. The number of carbonyl (C=O) groups is 1. The number of rotatable bonds is 2. The highest BCUT2D eigenvalue weighted by Crippen LogP contribution is 2.36. The summed E-state index contributed by atoms with van der Waals surface area (Å²) in [5.74, 6) is 0.241. The molecule has 0 spiro atoms. The number of aromatic nitrogens is 1. The Hall–Kier alpha value is -1.24. The van der Waals surface area contributed by atoms with Crippen LogP contribution >= 0.6 is 0 Å². The molecule has 1 atom stereocenters. The number of ether oxygens (including phenoxy) is 1. The van der Waals surface area contributed by atoms with Gasteiger partial charge < -0.3 is 14.0 Å². The molecule has 3 heterocycles. The number of hydrogen-bond donors (Lipinski definition) is 0. The summed E-state index contributed by atoms with van der Waals surface area (Å²) in [6.07, 6.45) is 2.46. The molecule has 0 N–H and O–H groups in total. The molecule has 1 aromatic heterocycles. The minimum Gasteiger partial charge on any atom is -0.398 e. The van der Waals surface area contributed by atoms with Crippen molar-refractivity contribution in [1.29, 1.82) is 0 Å². The van der Waals surface area contributed by atoms with Gasteiger partial charge in [-0.15, -0.1) is 0 Å². The van der Waals surface area contributed by atoms with Gasteiger partial charge in [0.05, 0.1) is 29.5 Å². The topological polar surface area (TPSA) is 57.7 Å². The van der Waals surface area contributed by atoms with Crippen LogP contribution in [0.5, 0.6) is 0 Å². The third-order valence-electron chi connectivity index (χ3n) is 4.78. The third-order valence-corrected chi connectivity index (χ3v) is 4.78. The van der Waals surface area contributed by atoms with Gasteiger partial charge in [-0.1, -0.05) is 0 Å². The zero-order chi connectivity index (χ0) is 16.0. The average molecular weight is 303 g/mol. The molecular formula is C16H22BNO4. The summed E-state index contributed by atoms with van der Waals surface area (Å²) in [6.45, 7) is 8.54. The van der Waals surface area contributed by atoms with Crippen molar-refractivity contribution in [1.82, 2.24) is 4.98 Å². The molecule has 0 saturated carbocycles. The van der Waals surface area contributed by atoms with E-state index in [1.54, 1.807) is 6.20 Å². The number of nitrogens with zero attached hydrogens (tertiary/aromatic N) is 1. The molecule has 22 heavy (non-hydrogen) atoms. The normalized spacial score (nSPS) is 27.2. The van der Waals surface area contributed by atoms with Gasteiger partial charge >= 0.3 is 7.12 Å². The molecule has 1 unspecified atom stereocenters. The first-order chi connectivity index (χ1) is 10.3. The Morgan fingerprint density at radius 2 is 1.91 bits per heavy atom. The van der Waals surface area contributed by atoms with Crippen molar-refractivity contribution in [2.45, 2.75) is 57.8 Å². The summed E-state index contributed by atoms with van der Waals surface area (Å²) in [5.41, 5.74) is 0.879. The van der Waals surface area contributed by atoms with E-state index in [2.05, 4.69) is 4.98 Å². The van der Waals surface area contributed by atoms with Crippen LogP contribution in [-0.4, -0.2) is 35.7 Å². The molecule has 0 radical (unpaired) electrons. The molecule has 3 rings (SSSR count). The summed E-state index contributed by atoms with van der Waals surface area (Å²) in [4.78, 5) is 16.0. The molecule has 6 heteroatoms. The van der Waals surface area contributed by atoms with E-state index < -0.39 is 18.3 Å². The molecule has 0 aliphatic carbocycles. The van der Waals surface area contributed by atoms with E-state index in [9.17, 15) is 4.79 Å². The van der Waals surface area contributed by atoms with Crippen LogP contribution in [-0.2, 0) is 18.8 Å². The van der Waals surface area contributed by atoms with Gasteiger partial charge in [0.2, 0.25) is 0 Å². The molecule has 118 valence electrons. The highest BCUT2D eigenvalue weighted by Gasteiger charge is 2.52. The van der Waals surface area contributed by atoms with Crippen molar-refractivity contribution < 1.29 is 18.8 Å². The quantitative estimate of drug-likeness (QED) is 0.780. The monoisotopic (exact) mass is 303 g/mol. The van der Waals surface area contributed by atoms with Crippen molar-refractivity contribution in [3.63, 3.8) is 0 Å². The molecule has 2 aliphatic heterocycles. The fourth-order valence-electron chi connectivity index (χ4n) is 2.66. The fourth-order valence-corrected chi connectivity index (χ4v) is 2.66. The molecule has 0 amide bonds. The Balaban J connectivity index is 1.82. The molecule has 2 fully saturated rings. The average Bonchev–Trinajstić information content (AvgIpc) is 2.68. The van der Waals surface area contributed by atoms with Crippen LogP contribution in [0.15, 0.2) is 18.3 Å². The largest absolute Gasteiger partial charge is 0.514 e. The second-order valence-electron chi connectivity index (χ2n) is 6.95. The van der Waals surface area contributed by atoms with E-state index in [1.165, 1.54) is 0 Å². The lowest BCUT2D eigenvalue weighted by Gasteiger charge is -2.32. The predicted molar refractivity (Wildman–Crippen MR) is 82.9 cm³/mol. The number of hydrogen-bond acceptors (Lipinski definition) is 5. The van der Waals surface area contributed by atoms with Gasteiger partial charge in [0, 0.05) is 19.0 Å². The fraction of sp³-hybridized carbons (Fsp3) is 0.625. The Kier molecular flexibility index (Phi) is 3.87. The first-order valence-corrected chi connectivity index (χ1v) is 7.73. The second kappa shape index (κ2) is 5.44. The Morgan fingerprint density at radius 3 is 2.55 bits per heavy atom. The molecule has 5 nitrogen and oxygen atoms in total. The summed E-state index contributed by atoms with van der Waals surface area (Å²) < 4.78 is 17.7.